The molecule has 0 saturated carbocycles. The van der Waals surface area contributed by atoms with Crippen LogP contribution in [0.5, 0.6) is 0 Å². The highest BCUT2D eigenvalue weighted by molar-refractivity contribution is 5.70. The third kappa shape index (κ3) is 2.61. The topological polar surface area (TPSA) is 57.8 Å². The van der Waals surface area contributed by atoms with Gasteiger partial charge in [-0.05, 0) is 38.1 Å². The van der Waals surface area contributed by atoms with E-state index in [0.717, 1.165) is 43.8 Å². The van der Waals surface area contributed by atoms with E-state index >= 15 is 0 Å². The minimum atomic E-state index is -0.660. The number of aromatic nitrogens is 2. The Hall–Kier alpha value is -1.88. The molecule has 1 aliphatic heterocycles. The first kappa shape index (κ1) is 12.2. The summed E-state index contributed by atoms with van der Waals surface area (Å²) in [5.41, 5.74) is 2.00. The molecule has 1 saturated heterocycles. The van der Waals surface area contributed by atoms with Gasteiger partial charge >= 0.3 is 5.97 Å². The van der Waals surface area contributed by atoms with Crippen molar-refractivity contribution in [2.45, 2.75) is 19.4 Å². The fraction of sp³-hybridized carbons (Fsp3) is 0.429. The first-order chi connectivity index (χ1) is 9.22. The zero-order valence-electron chi connectivity index (χ0n) is 10.7. The number of carboxylic acids is 1. The Kier molecular flexibility index (Phi) is 3.21. The molecule has 100 valence electrons. The van der Waals surface area contributed by atoms with Crippen LogP contribution in [-0.4, -0.2) is 38.4 Å². The number of pyridine rings is 1. The maximum atomic E-state index is 10.9. The smallest absolute Gasteiger partial charge is 0.306 e. The predicted octanol–water partition coefficient (Wildman–Crippen LogP) is 1.63. The Bertz CT molecular complexity index is 552. The van der Waals surface area contributed by atoms with Crippen LogP contribution in [0.1, 0.15) is 18.5 Å². The summed E-state index contributed by atoms with van der Waals surface area (Å²) in [4.78, 5) is 17.7. The number of rotatable bonds is 3. The highest BCUT2D eigenvalue weighted by Crippen LogP contribution is 2.19. The first-order valence-corrected chi connectivity index (χ1v) is 6.60. The van der Waals surface area contributed by atoms with Gasteiger partial charge in [0.1, 0.15) is 5.65 Å². The Balaban J connectivity index is 1.64. The second-order valence-corrected chi connectivity index (χ2v) is 5.09. The molecule has 0 atom stereocenters. The van der Waals surface area contributed by atoms with Crippen molar-refractivity contribution < 1.29 is 9.90 Å². The molecule has 5 nitrogen and oxygen atoms in total. The van der Waals surface area contributed by atoms with Gasteiger partial charge in [-0.15, -0.1) is 0 Å². The molecule has 0 aromatic carbocycles. The highest BCUT2D eigenvalue weighted by Gasteiger charge is 2.24. The lowest BCUT2D eigenvalue weighted by molar-refractivity contribution is -0.143. The van der Waals surface area contributed by atoms with Gasteiger partial charge in [-0.1, -0.05) is 6.07 Å². The van der Waals surface area contributed by atoms with E-state index in [1.54, 1.807) is 0 Å². The third-order valence-electron chi connectivity index (χ3n) is 3.74. The molecular weight excluding hydrogens is 242 g/mol. The standard InChI is InChI=1S/C14H17N3O2/c18-14(19)11-4-7-16(8-5-11)9-12-10-17-6-2-1-3-13(17)15-12/h1-3,6,10-11H,4-5,7-9H2,(H,18,19). The van der Waals surface area contributed by atoms with Gasteiger partial charge in [-0.2, -0.15) is 0 Å². The average Bonchev–Trinajstić information content (AvgIpc) is 2.81. The molecular formula is C14H17N3O2. The van der Waals surface area contributed by atoms with E-state index in [0.29, 0.717) is 0 Å². The van der Waals surface area contributed by atoms with Crippen LogP contribution >= 0.6 is 0 Å². The second-order valence-electron chi connectivity index (χ2n) is 5.09. The zero-order chi connectivity index (χ0) is 13.2. The number of piperidine rings is 1. The average molecular weight is 259 g/mol. The van der Waals surface area contributed by atoms with Crippen LogP contribution in [0, 0.1) is 5.92 Å². The Labute approximate surface area is 111 Å². The first-order valence-electron chi connectivity index (χ1n) is 6.60. The van der Waals surface area contributed by atoms with Gasteiger partial charge in [0, 0.05) is 18.9 Å². The minimum absolute atomic E-state index is 0.169. The van der Waals surface area contributed by atoms with Gasteiger partial charge < -0.3 is 9.51 Å². The Morgan fingerprint density at radius 3 is 2.84 bits per heavy atom. The number of carboxylic acid groups (broad SMARTS) is 1. The molecule has 3 heterocycles. The third-order valence-corrected chi connectivity index (χ3v) is 3.74. The van der Waals surface area contributed by atoms with E-state index < -0.39 is 5.97 Å². The van der Waals surface area contributed by atoms with Crippen LogP contribution in [-0.2, 0) is 11.3 Å². The van der Waals surface area contributed by atoms with Crippen molar-refractivity contribution in [1.29, 1.82) is 0 Å². The van der Waals surface area contributed by atoms with Crippen LogP contribution in [0.25, 0.3) is 5.65 Å². The summed E-state index contributed by atoms with van der Waals surface area (Å²) >= 11 is 0. The normalized spacial score (nSPS) is 17.9. The molecule has 0 spiro atoms. The summed E-state index contributed by atoms with van der Waals surface area (Å²) in [6, 6.07) is 5.95. The van der Waals surface area contributed by atoms with Crippen molar-refractivity contribution in [3.8, 4) is 0 Å². The molecule has 2 aromatic rings. The summed E-state index contributed by atoms with van der Waals surface area (Å²) in [6.07, 6.45) is 5.51. The molecule has 19 heavy (non-hydrogen) atoms. The van der Waals surface area contributed by atoms with E-state index in [4.69, 9.17) is 5.11 Å². The number of fused-ring (bicyclic) bond motifs is 1. The summed E-state index contributed by atoms with van der Waals surface area (Å²) in [5.74, 6) is -0.829. The molecule has 1 N–H and O–H groups in total. The van der Waals surface area contributed by atoms with Crippen molar-refractivity contribution in [1.82, 2.24) is 14.3 Å². The van der Waals surface area contributed by atoms with Crippen LogP contribution in [0.2, 0.25) is 0 Å². The quantitative estimate of drug-likeness (QED) is 0.910. The monoisotopic (exact) mass is 259 g/mol. The van der Waals surface area contributed by atoms with Gasteiger partial charge in [0.15, 0.2) is 0 Å². The van der Waals surface area contributed by atoms with Crippen molar-refractivity contribution in [3.63, 3.8) is 0 Å². The maximum absolute atomic E-state index is 10.9. The molecule has 0 amide bonds. The van der Waals surface area contributed by atoms with Crippen molar-refractivity contribution >= 4 is 11.6 Å². The second kappa shape index (κ2) is 5.01. The van der Waals surface area contributed by atoms with E-state index in [9.17, 15) is 4.79 Å². The molecule has 0 unspecified atom stereocenters. The number of carbonyl (C=O) groups is 1. The van der Waals surface area contributed by atoms with Gasteiger partial charge in [0.05, 0.1) is 11.6 Å². The summed E-state index contributed by atoms with van der Waals surface area (Å²) in [7, 11) is 0. The lowest BCUT2D eigenvalue weighted by atomic mass is 9.97. The molecule has 1 aliphatic rings. The predicted molar refractivity (Wildman–Crippen MR) is 70.8 cm³/mol. The molecule has 1 fully saturated rings. The lowest BCUT2D eigenvalue weighted by Gasteiger charge is -2.29. The van der Waals surface area contributed by atoms with Crippen LogP contribution < -0.4 is 0 Å². The molecule has 0 radical (unpaired) electrons. The van der Waals surface area contributed by atoms with E-state index in [1.165, 1.54) is 0 Å². The van der Waals surface area contributed by atoms with Crippen molar-refractivity contribution in [3.05, 3.63) is 36.3 Å². The number of aliphatic carboxylic acids is 1. The number of likely N-dealkylation sites (tertiary alicyclic amines) is 1. The van der Waals surface area contributed by atoms with E-state index in [1.807, 2.05) is 35.0 Å². The van der Waals surface area contributed by atoms with Crippen molar-refractivity contribution in [2.24, 2.45) is 5.92 Å². The van der Waals surface area contributed by atoms with Gasteiger partial charge in [-0.25, -0.2) is 4.98 Å². The van der Waals surface area contributed by atoms with E-state index in [2.05, 4.69) is 9.88 Å². The van der Waals surface area contributed by atoms with Crippen LogP contribution in [0.3, 0.4) is 0 Å². The molecule has 0 bridgehead atoms. The van der Waals surface area contributed by atoms with Crippen LogP contribution in [0.4, 0.5) is 0 Å². The number of imidazole rings is 1. The number of nitrogens with zero attached hydrogens (tertiary/aromatic N) is 3. The fourth-order valence-electron chi connectivity index (χ4n) is 2.63. The lowest BCUT2D eigenvalue weighted by Crippen LogP contribution is -2.35. The van der Waals surface area contributed by atoms with Crippen molar-refractivity contribution in [2.75, 3.05) is 13.1 Å². The molecule has 0 aliphatic carbocycles. The van der Waals surface area contributed by atoms with Gasteiger partial charge in [-0.3, -0.25) is 9.69 Å². The molecule has 3 rings (SSSR count). The zero-order valence-corrected chi connectivity index (χ0v) is 10.7. The Morgan fingerprint density at radius 1 is 1.37 bits per heavy atom. The SMILES string of the molecule is O=C(O)C1CCN(Cc2cn3ccccc3n2)CC1. The van der Waals surface area contributed by atoms with E-state index in [-0.39, 0.29) is 5.92 Å². The number of hydrogen-bond acceptors (Lipinski definition) is 3. The van der Waals surface area contributed by atoms with Crippen LogP contribution in [0.15, 0.2) is 30.6 Å². The van der Waals surface area contributed by atoms with Gasteiger partial charge in [0.2, 0.25) is 0 Å². The molecule has 5 heteroatoms. The fourth-order valence-corrected chi connectivity index (χ4v) is 2.63. The summed E-state index contributed by atoms with van der Waals surface area (Å²) in [5, 5.41) is 8.98. The largest absolute Gasteiger partial charge is 0.481 e. The summed E-state index contributed by atoms with van der Waals surface area (Å²) in [6.45, 7) is 2.48. The highest BCUT2D eigenvalue weighted by atomic mass is 16.4. The Morgan fingerprint density at radius 2 is 2.16 bits per heavy atom. The molecule has 2 aromatic heterocycles. The minimum Gasteiger partial charge on any atom is -0.481 e. The summed E-state index contributed by atoms with van der Waals surface area (Å²) < 4.78 is 2.01. The van der Waals surface area contributed by atoms with Gasteiger partial charge in [0.25, 0.3) is 0 Å². The maximum Gasteiger partial charge on any atom is 0.306 e. The number of hydrogen-bond donors (Lipinski definition) is 1.